The van der Waals surface area contributed by atoms with Crippen molar-refractivity contribution in [3.63, 3.8) is 0 Å². The molecule has 4 amide bonds. The number of carbonyl (C=O) groups is 3. The number of anilines is 1. The Morgan fingerprint density at radius 1 is 1.11 bits per heavy atom. The van der Waals surface area contributed by atoms with Gasteiger partial charge in [-0.3, -0.25) is 29.9 Å². The van der Waals surface area contributed by atoms with Crippen LogP contribution in [0.3, 0.4) is 0 Å². The van der Waals surface area contributed by atoms with Gasteiger partial charge in [-0.05, 0) is 12.1 Å². The van der Waals surface area contributed by atoms with Crippen molar-refractivity contribution in [1.29, 1.82) is 0 Å². The normalized spacial score (nSPS) is 11.2. The van der Waals surface area contributed by atoms with E-state index >= 15 is 0 Å². The van der Waals surface area contributed by atoms with Crippen molar-refractivity contribution in [2.45, 2.75) is 6.18 Å². The number of amides is 4. The number of thiazole rings is 1. The van der Waals surface area contributed by atoms with Crippen LogP contribution in [0, 0.1) is 10.1 Å². The van der Waals surface area contributed by atoms with Crippen LogP contribution in [0.1, 0.15) is 31.3 Å². The van der Waals surface area contributed by atoms with Crippen LogP contribution in [-0.2, 0) is 6.18 Å². The second-order valence-electron chi connectivity index (χ2n) is 6.91. The highest BCUT2D eigenvalue weighted by molar-refractivity contribution is 7.17. The predicted molar refractivity (Wildman–Crippen MR) is 123 cm³/mol. The van der Waals surface area contributed by atoms with E-state index in [-0.39, 0.29) is 28.2 Å². The first-order valence-corrected chi connectivity index (χ1v) is 10.6. The highest BCUT2D eigenvalue weighted by atomic mass is 32.1. The number of hydrogen-bond donors (Lipinski definition) is 2. The molecule has 0 atom stereocenters. The zero-order valence-electron chi connectivity index (χ0n) is 18.1. The minimum Gasteiger partial charge on any atom is -0.273 e. The van der Waals surface area contributed by atoms with E-state index in [4.69, 9.17) is 0 Å². The molecule has 11 nitrogen and oxygen atoms in total. The lowest BCUT2D eigenvalue weighted by molar-refractivity contribution is -0.384. The molecule has 1 aromatic heterocycles. The smallest absolute Gasteiger partial charge is 0.273 e. The van der Waals surface area contributed by atoms with E-state index in [0.29, 0.717) is 4.90 Å². The lowest BCUT2D eigenvalue weighted by atomic mass is 10.2. The van der Waals surface area contributed by atoms with Gasteiger partial charge in [-0.1, -0.05) is 41.7 Å². The summed E-state index contributed by atoms with van der Waals surface area (Å²) in [6.07, 6.45) is -4.03. The molecule has 186 valence electrons. The fraction of sp³-hybridized carbons (Fsp3) is 0.0952. The molecule has 0 aliphatic heterocycles. The molecule has 0 saturated carbocycles. The summed E-state index contributed by atoms with van der Waals surface area (Å²) in [5.41, 5.74) is 0.461. The van der Waals surface area contributed by atoms with E-state index in [9.17, 15) is 37.7 Å². The molecule has 0 aliphatic carbocycles. The Hall–Kier alpha value is -4.66. The maximum Gasteiger partial charge on any atom is 0.435 e. The summed E-state index contributed by atoms with van der Waals surface area (Å²) >= 11 is 0.254. The third kappa shape index (κ3) is 6.26. The fourth-order valence-electron chi connectivity index (χ4n) is 2.66. The number of hydrogen-bond acceptors (Lipinski definition) is 8. The fourth-order valence-corrected chi connectivity index (χ4v) is 3.60. The van der Waals surface area contributed by atoms with Crippen LogP contribution >= 0.6 is 11.3 Å². The Bertz CT molecular complexity index is 1340. The summed E-state index contributed by atoms with van der Waals surface area (Å²) in [7, 11) is 1.08. The Morgan fingerprint density at radius 2 is 1.81 bits per heavy atom. The highest BCUT2D eigenvalue weighted by Crippen LogP contribution is 2.37. The number of halogens is 3. The number of nitro groups is 1. The van der Waals surface area contributed by atoms with Crippen LogP contribution in [0.25, 0.3) is 0 Å². The quantitative estimate of drug-likeness (QED) is 0.287. The topological polar surface area (TPSA) is 147 Å². The first-order chi connectivity index (χ1) is 17.0. The summed E-state index contributed by atoms with van der Waals surface area (Å²) in [5.74, 6) is -2.06. The Balaban J connectivity index is 1.77. The number of imide groups is 1. The summed E-state index contributed by atoms with van der Waals surface area (Å²) in [6.45, 7) is 0. The number of alkyl halides is 3. The van der Waals surface area contributed by atoms with Gasteiger partial charge in [-0.25, -0.2) is 15.2 Å². The number of benzene rings is 2. The number of hydrazone groups is 1. The molecule has 3 aromatic rings. The van der Waals surface area contributed by atoms with E-state index in [2.05, 4.69) is 10.1 Å². The van der Waals surface area contributed by atoms with Crippen molar-refractivity contribution in [3.8, 4) is 0 Å². The molecule has 0 unspecified atom stereocenters. The summed E-state index contributed by atoms with van der Waals surface area (Å²) in [6, 6.07) is 11.7. The molecule has 2 aromatic carbocycles. The molecule has 0 spiro atoms. The van der Waals surface area contributed by atoms with Crippen LogP contribution in [-0.4, -0.2) is 41.0 Å². The maximum absolute atomic E-state index is 13.5. The third-order valence-electron chi connectivity index (χ3n) is 4.40. The number of nitrogens with one attached hydrogen (secondary N) is 2. The zero-order chi connectivity index (χ0) is 26.5. The molecule has 1 heterocycles. The van der Waals surface area contributed by atoms with E-state index in [1.165, 1.54) is 30.3 Å². The van der Waals surface area contributed by atoms with Crippen LogP contribution < -0.4 is 15.6 Å². The number of urea groups is 1. The molecule has 36 heavy (non-hydrogen) atoms. The van der Waals surface area contributed by atoms with Gasteiger partial charge in [0.1, 0.15) is 4.88 Å². The van der Waals surface area contributed by atoms with E-state index < -0.39 is 44.6 Å². The highest BCUT2D eigenvalue weighted by Gasteiger charge is 2.40. The Morgan fingerprint density at radius 3 is 2.44 bits per heavy atom. The molecule has 0 bridgehead atoms. The van der Waals surface area contributed by atoms with Gasteiger partial charge in [0.05, 0.1) is 11.1 Å². The van der Waals surface area contributed by atoms with Gasteiger partial charge in [0.2, 0.25) is 0 Å². The van der Waals surface area contributed by atoms with Gasteiger partial charge >= 0.3 is 12.2 Å². The van der Waals surface area contributed by atoms with Gasteiger partial charge in [-0.2, -0.15) is 18.3 Å². The Labute approximate surface area is 204 Å². The molecular weight excluding hydrogens is 505 g/mol. The molecule has 2 N–H and O–H groups in total. The molecular formula is C21H15F3N6O5S. The van der Waals surface area contributed by atoms with Crippen molar-refractivity contribution >= 4 is 46.2 Å². The first kappa shape index (κ1) is 26.0. The van der Waals surface area contributed by atoms with Crippen LogP contribution in [0.4, 0.5) is 28.8 Å². The monoisotopic (exact) mass is 520 g/mol. The van der Waals surface area contributed by atoms with E-state index in [1.54, 1.807) is 18.2 Å². The van der Waals surface area contributed by atoms with Crippen LogP contribution in [0.2, 0.25) is 0 Å². The summed E-state index contributed by atoms with van der Waals surface area (Å²) in [5, 5.41) is 15.9. The largest absolute Gasteiger partial charge is 0.435 e. The van der Waals surface area contributed by atoms with Gasteiger partial charge in [0.25, 0.3) is 17.5 Å². The standard InChI is InChI=1S/C21H15F3N6O5S/c1-29(19(33)27-17(31)13-7-3-2-4-8-13)20-26-16(21(22,23)24)15(36-20)18(32)28-25-11-12-6-5-9-14(10-12)30(34)35/h2-11H,1H3,(H,28,32)(H,27,31,33)/b25-11+. The van der Waals surface area contributed by atoms with Gasteiger partial charge < -0.3 is 0 Å². The number of nitro benzene ring substituents is 1. The maximum atomic E-state index is 13.5. The molecule has 0 fully saturated rings. The second kappa shape index (κ2) is 10.7. The number of rotatable bonds is 6. The second-order valence-corrected chi connectivity index (χ2v) is 7.88. The number of carbonyl (C=O) groups excluding carboxylic acids is 3. The molecule has 3 rings (SSSR count). The third-order valence-corrected chi connectivity index (χ3v) is 5.53. The van der Waals surface area contributed by atoms with E-state index in [0.717, 1.165) is 19.3 Å². The lowest BCUT2D eigenvalue weighted by Crippen LogP contribution is -2.40. The van der Waals surface area contributed by atoms with Crippen molar-refractivity contribution in [1.82, 2.24) is 15.7 Å². The van der Waals surface area contributed by atoms with Crippen molar-refractivity contribution in [3.05, 3.63) is 86.4 Å². The van der Waals surface area contributed by atoms with E-state index in [1.807, 2.05) is 10.7 Å². The average Bonchev–Trinajstić information content (AvgIpc) is 3.30. The summed E-state index contributed by atoms with van der Waals surface area (Å²) < 4.78 is 40.5. The van der Waals surface area contributed by atoms with Crippen molar-refractivity contribution in [2.24, 2.45) is 5.10 Å². The zero-order valence-corrected chi connectivity index (χ0v) is 19.0. The van der Waals surface area contributed by atoms with Gasteiger partial charge in [-0.15, -0.1) is 0 Å². The predicted octanol–water partition coefficient (Wildman–Crippen LogP) is 3.82. The lowest BCUT2D eigenvalue weighted by Gasteiger charge is -2.14. The molecule has 0 aliphatic rings. The SMILES string of the molecule is CN(C(=O)NC(=O)c1ccccc1)c1nc(C(F)(F)F)c(C(=O)N/N=C/c2cccc([N+](=O)[O-])c2)s1. The number of aromatic nitrogens is 1. The van der Waals surface area contributed by atoms with Gasteiger partial charge in [0, 0.05) is 30.3 Å². The molecule has 15 heteroatoms. The van der Waals surface area contributed by atoms with Crippen molar-refractivity contribution < 1.29 is 32.5 Å². The number of nitrogens with zero attached hydrogens (tertiary/aromatic N) is 4. The van der Waals surface area contributed by atoms with Crippen molar-refractivity contribution in [2.75, 3.05) is 11.9 Å². The minimum atomic E-state index is -5.04. The van der Waals surface area contributed by atoms with Gasteiger partial charge in [0.15, 0.2) is 10.8 Å². The minimum absolute atomic E-state index is 0.149. The first-order valence-electron chi connectivity index (χ1n) is 9.77. The van der Waals surface area contributed by atoms with Crippen LogP contribution in [0.5, 0.6) is 0 Å². The Kier molecular flexibility index (Phi) is 7.73. The van der Waals surface area contributed by atoms with Crippen LogP contribution in [0.15, 0.2) is 59.7 Å². The summed E-state index contributed by atoms with van der Waals surface area (Å²) in [4.78, 5) is 50.2. The molecule has 0 saturated heterocycles. The number of non-ortho nitro benzene ring substituents is 1. The average molecular weight is 520 g/mol. The molecule has 0 radical (unpaired) electrons.